The van der Waals surface area contributed by atoms with Crippen molar-refractivity contribution in [3.63, 3.8) is 0 Å². The number of aryl methyl sites for hydroxylation is 2. The second kappa shape index (κ2) is 3.81. The molecule has 76 valence electrons. The Bertz CT molecular complexity index is 372. The van der Waals surface area contributed by atoms with Crippen molar-refractivity contribution in [2.75, 3.05) is 0 Å². The lowest BCUT2D eigenvalue weighted by molar-refractivity contribution is -0.394. The zero-order valence-corrected chi connectivity index (χ0v) is 7.38. The molecule has 1 aromatic heterocycles. The molecular weight excluding hydrogens is 192 g/mol. The normalized spacial score (nSPS) is 10.1. The summed E-state index contributed by atoms with van der Waals surface area (Å²) in [5.74, 6) is -1.16. The van der Waals surface area contributed by atoms with Crippen LogP contribution < -0.4 is 0 Å². The summed E-state index contributed by atoms with van der Waals surface area (Å²) in [6.45, 7) is 1.61. The van der Waals surface area contributed by atoms with Gasteiger partial charge in [-0.2, -0.15) is 4.68 Å². The fourth-order valence-electron chi connectivity index (χ4n) is 0.896. The predicted molar refractivity (Wildman–Crippen MR) is 43.7 cm³/mol. The minimum atomic E-state index is -0.984. The lowest BCUT2D eigenvalue weighted by Gasteiger charge is -1.93. The van der Waals surface area contributed by atoms with Gasteiger partial charge < -0.3 is 15.2 Å². The molecule has 0 atom stereocenters. The number of nitrogens with zero attached hydrogens (tertiary/aromatic N) is 4. The van der Waals surface area contributed by atoms with Gasteiger partial charge >= 0.3 is 11.9 Å². The number of aromatic nitrogens is 3. The minimum absolute atomic E-state index is 0.0853. The molecule has 0 aliphatic carbocycles. The van der Waals surface area contributed by atoms with Crippen molar-refractivity contribution < 1.29 is 14.8 Å². The van der Waals surface area contributed by atoms with Crippen LogP contribution in [0.15, 0.2) is 0 Å². The molecule has 1 N–H and O–H groups in total. The van der Waals surface area contributed by atoms with Crippen molar-refractivity contribution in [1.29, 1.82) is 0 Å². The van der Waals surface area contributed by atoms with Crippen molar-refractivity contribution in [3.8, 4) is 0 Å². The third kappa shape index (κ3) is 2.25. The average molecular weight is 200 g/mol. The van der Waals surface area contributed by atoms with Crippen LogP contribution in [0.1, 0.15) is 12.2 Å². The average Bonchev–Trinajstić information content (AvgIpc) is 2.43. The first-order chi connectivity index (χ1) is 6.50. The molecule has 0 aromatic carbocycles. The molecule has 0 bridgehead atoms. The van der Waals surface area contributed by atoms with Gasteiger partial charge in [0.2, 0.25) is 5.82 Å². The molecule has 0 spiro atoms. The minimum Gasteiger partial charge on any atom is -0.481 e. The number of nitro groups is 1. The van der Waals surface area contributed by atoms with E-state index in [1.165, 1.54) is 11.6 Å². The Hall–Kier alpha value is -1.99. The zero-order chi connectivity index (χ0) is 10.7. The highest BCUT2D eigenvalue weighted by molar-refractivity contribution is 5.66. The summed E-state index contributed by atoms with van der Waals surface area (Å²) in [6.07, 6.45) is -0.138. The zero-order valence-electron chi connectivity index (χ0n) is 7.38. The monoisotopic (exact) mass is 200 g/mol. The molecule has 0 amide bonds. The topological polar surface area (TPSA) is 111 Å². The molecule has 1 heterocycles. The molecule has 1 rings (SSSR count). The maximum Gasteiger partial charge on any atom is 0.491 e. The maximum absolute atomic E-state index is 10.3. The van der Waals surface area contributed by atoms with Gasteiger partial charge in [-0.1, -0.05) is 0 Å². The lowest BCUT2D eigenvalue weighted by atomic mass is 10.4. The Morgan fingerprint density at radius 1 is 1.71 bits per heavy atom. The first-order valence-corrected chi connectivity index (χ1v) is 3.78. The Morgan fingerprint density at radius 3 is 2.79 bits per heavy atom. The van der Waals surface area contributed by atoms with E-state index in [4.69, 9.17) is 5.11 Å². The Balaban J connectivity index is 2.77. The quantitative estimate of drug-likeness (QED) is 0.539. The van der Waals surface area contributed by atoms with Crippen molar-refractivity contribution >= 4 is 11.9 Å². The molecule has 0 saturated carbocycles. The van der Waals surface area contributed by atoms with E-state index in [1.807, 2.05) is 0 Å². The van der Waals surface area contributed by atoms with Crippen LogP contribution in [0.2, 0.25) is 0 Å². The number of aliphatic carboxylic acids is 1. The van der Waals surface area contributed by atoms with Crippen LogP contribution in [0.25, 0.3) is 0 Å². The van der Waals surface area contributed by atoms with E-state index >= 15 is 0 Å². The van der Waals surface area contributed by atoms with Gasteiger partial charge in [-0.05, 0) is 9.91 Å². The van der Waals surface area contributed by atoms with Crippen molar-refractivity contribution in [2.24, 2.45) is 0 Å². The number of hydrogen-bond acceptors (Lipinski definition) is 5. The third-order valence-electron chi connectivity index (χ3n) is 1.55. The molecule has 8 nitrogen and oxygen atoms in total. The van der Waals surface area contributed by atoms with Gasteiger partial charge in [-0.3, -0.25) is 4.79 Å². The van der Waals surface area contributed by atoms with E-state index in [2.05, 4.69) is 10.1 Å². The molecule has 0 aliphatic rings. The number of carboxylic acid groups (broad SMARTS) is 1. The molecule has 0 radical (unpaired) electrons. The van der Waals surface area contributed by atoms with E-state index in [1.54, 1.807) is 0 Å². The van der Waals surface area contributed by atoms with Crippen LogP contribution in [0, 0.1) is 17.0 Å². The van der Waals surface area contributed by atoms with Gasteiger partial charge in [-0.25, -0.2) is 0 Å². The maximum atomic E-state index is 10.3. The molecule has 14 heavy (non-hydrogen) atoms. The van der Waals surface area contributed by atoms with E-state index in [9.17, 15) is 14.9 Å². The van der Waals surface area contributed by atoms with Crippen molar-refractivity contribution in [1.82, 2.24) is 14.8 Å². The molecule has 0 unspecified atom stereocenters. The highest BCUT2D eigenvalue weighted by Gasteiger charge is 2.18. The van der Waals surface area contributed by atoms with Crippen molar-refractivity contribution in [2.45, 2.75) is 19.9 Å². The fraction of sp³-hybridized carbons (Fsp3) is 0.500. The third-order valence-corrected chi connectivity index (χ3v) is 1.55. The van der Waals surface area contributed by atoms with Gasteiger partial charge in [0.25, 0.3) is 0 Å². The summed E-state index contributed by atoms with van der Waals surface area (Å²) in [4.78, 5) is 23.3. The van der Waals surface area contributed by atoms with E-state index < -0.39 is 16.8 Å². The SMILES string of the molecule is Cc1nc([N+](=O)[O-])nn1CCC(=O)O. The van der Waals surface area contributed by atoms with Gasteiger partial charge in [0.1, 0.15) is 0 Å². The predicted octanol–water partition coefficient (Wildman–Crippen LogP) is -0.0306. The summed E-state index contributed by atoms with van der Waals surface area (Å²) in [5, 5.41) is 22.2. The standard InChI is InChI=1S/C6H8N4O4/c1-4-7-6(10(13)14)8-9(4)3-2-5(11)12/h2-3H2,1H3,(H,11,12). The summed E-state index contributed by atoms with van der Waals surface area (Å²) < 4.78 is 1.20. The molecule has 8 heteroatoms. The van der Waals surface area contributed by atoms with E-state index in [0.29, 0.717) is 5.82 Å². The summed E-state index contributed by atoms with van der Waals surface area (Å²) in [5.41, 5.74) is 0. The molecular formula is C6H8N4O4. The first-order valence-electron chi connectivity index (χ1n) is 3.78. The fourth-order valence-corrected chi connectivity index (χ4v) is 0.896. The van der Waals surface area contributed by atoms with E-state index in [0.717, 1.165) is 0 Å². The second-order valence-electron chi connectivity index (χ2n) is 2.58. The van der Waals surface area contributed by atoms with Gasteiger partial charge in [0, 0.05) is 12.0 Å². The van der Waals surface area contributed by atoms with Crippen molar-refractivity contribution in [3.05, 3.63) is 15.9 Å². The van der Waals surface area contributed by atoms with Gasteiger partial charge in [0.15, 0.2) is 0 Å². The van der Waals surface area contributed by atoms with Gasteiger partial charge in [-0.15, -0.1) is 0 Å². The Labute approximate surface area is 78.3 Å². The number of carbonyl (C=O) groups is 1. The summed E-state index contributed by atoms with van der Waals surface area (Å²) in [6, 6.07) is 0. The van der Waals surface area contributed by atoms with Crippen LogP contribution in [0.5, 0.6) is 0 Å². The van der Waals surface area contributed by atoms with Crippen LogP contribution in [-0.2, 0) is 11.3 Å². The molecule has 0 fully saturated rings. The second-order valence-corrected chi connectivity index (χ2v) is 2.58. The molecule has 1 aromatic rings. The highest BCUT2D eigenvalue weighted by atomic mass is 16.6. The van der Waals surface area contributed by atoms with Crippen LogP contribution >= 0.6 is 0 Å². The number of carboxylic acids is 1. The summed E-state index contributed by atoms with van der Waals surface area (Å²) >= 11 is 0. The largest absolute Gasteiger partial charge is 0.491 e. The number of rotatable bonds is 4. The summed E-state index contributed by atoms with van der Waals surface area (Å²) in [7, 11) is 0. The first kappa shape index (κ1) is 10.1. The molecule has 0 aliphatic heterocycles. The lowest BCUT2D eigenvalue weighted by Crippen LogP contribution is -2.07. The van der Waals surface area contributed by atoms with E-state index in [-0.39, 0.29) is 13.0 Å². The highest BCUT2D eigenvalue weighted by Crippen LogP contribution is 2.05. The van der Waals surface area contributed by atoms with Crippen LogP contribution in [-0.4, -0.2) is 30.8 Å². The van der Waals surface area contributed by atoms with Crippen LogP contribution in [0.4, 0.5) is 5.95 Å². The van der Waals surface area contributed by atoms with Gasteiger partial charge in [0.05, 0.1) is 13.0 Å². The number of hydrogen-bond donors (Lipinski definition) is 1. The molecule has 0 saturated heterocycles. The smallest absolute Gasteiger partial charge is 0.481 e. The Kier molecular flexibility index (Phi) is 2.75. The Morgan fingerprint density at radius 2 is 2.36 bits per heavy atom. The van der Waals surface area contributed by atoms with Crippen LogP contribution in [0.3, 0.4) is 0 Å².